The van der Waals surface area contributed by atoms with Gasteiger partial charge in [-0.15, -0.1) is 0 Å². The quantitative estimate of drug-likeness (QED) is 0.446. The lowest BCUT2D eigenvalue weighted by Crippen LogP contribution is -2.18. The maximum atomic E-state index is 11.5. The van der Waals surface area contributed by atoms with Gasteiger partial charge < -0.3 is 29.9 Å². The van der Waals surface area contributed by atoms with Gasteiger partial charge >= 0.3 is 23.9 Å². The summed E-state index contributed by atoms with van der Waals surface area (Å²) in [5.74, 6) is -3.51. The summed E-state index contributed by atoms with van der Waals surface area (Å²) in [6.07, 6.45) is -0.610. The minimum atomic E-state index is -1.11. The average Bonchev–Trinajstić information content (AvgIpc) is 2.77. The number of ether oxygens (including phenoxy) is 2. The summed E-state index contributed by atoms with van der Waals surface area (Å²) in [5.41, 5.74) is 0.350. The summed E-state index contributed by atoms with van der Waals surface area (Å²) in [4.78, 5) is 44.0. The van der Waals surface area contributed by atoms with Crippen LogP contribution in [0.15, 0.2) is 48.5 Å². The van der Waals surface area contributed by atoms with Crippen LogP contribution in [0.5, 0.6) is 0 Å². The molecule has 0 radical (unpaired) electrons. The number of carboxylic acids is 2. The number of esters is 2. The normalized spacial score (nSPS) is 10.8. The largest absolute Gasteiger partial charge is 0.478 e. The number of aliphatic hydroxyl groups is 2. The fraction of sp³-hybridized carbons (Fsp3) is 0.238. The molecule has 0 saturated carbocycles. The molecule has 0 spiro atoms. The topological polar surface area (TPSA) is 168 Å². The monoisotopic (exact) mass is 434 g/mol. The zero-order chi connectivity index (χ0) is 23.4. The molecule has 4 N–H and O–H groups in total. The van der Waals surface area contributed by atoms with Crippen LogP contribution in [-0.4, -0.2) is 70.2 Å². The van der Waals surface area contributed by atoms with Crippen molar-refractivity contribution < 1.29 is 49.1 Å². The highest BCUT2D eigenvalue weighted by molar-refractivity contribution is 5.95. The molecular formula is C21H22O10. The molecule has 10 nitrogen and oxygen atoms in total. The van der Waals surface area contributed by atoms with Gasteiger partial charge in [0.05, 0.1) is 35.5 Å². The van der Waals surface area contributed by atoms with Crippen LogP contribution >= 0.6 is 0 Å². The van der Waals surface area contributed by atoms with Crippen molar-refractivity contribution in [3.8, 4) is 0 Å². The molecule has 1 atom stereocenters. The summed E-state index contributed by atoms with van der Waals surface area (Å²) < 4.78 is 9.47. The molecule has 166 valence electrons. The first-order valence-electron chi connectivity index (χ1n) is 8.96. The van der Waals surface area contributed by atoms with Crippen molar-refractivity contribution in [2.75, 3.05) is 19.8 Å². The number of carboxylic acid groups (broad SMARTS) is 2. The number of hydrogen-bond acceptors (Lipinski definition) is 8. The van der Waals surface area contributed by atoms with Crippen molar-refractivity contribution >= 4 is 23.9 Å². The molecule has 10 heteroatoms. The first-order chi connectivity index (χ1) is 14.7. The second-order valence-electron chi connectivity index (χ2n) is 6.03. The average molecular weight is 434 g/mol. The van der Waals surface area contributed by atoms with E-state index in [1.165, 1.54) is 48.5 Å². The SMILES string of the molecule is CC(CO)OC(=O)c1cccc(C(=O)O)c1.O=C(O)c1cccc(C(=O)OCCO)c1. The lowest BCUT2D eigenvalue weighted by Gasteiger charge is -2.10. The van der Waals surface area contributed by atoms with Crippen LogP contribution in [0.1, 0.15) is 48.4 Å². The van der Waals surface area contributed by atoms with E-state index in [0.717, 1.165) is 0 Å². The minimum Gasteiger partial charge on any atom is -0.478 e. The summed E-state index contributed by atoms with van der Waals surface area (Å²) in [6.45, 7) is 0.907. The number of benzene rings is 2. The van der Waals surface area contributed by atoms with E-state index in [9.17, 15) is 19.2 Å². The highest BCUT2D eigenvalue weighted by Crippen LogP contribution is 2.08. The van der Waals surface area contributed by atoms with Crippen molar-refractivity contribution in [2.45, 2.75) is 13.0 Å². The summed E-state index contributed by atoms with van der Waals surface area (Å²) in [5, 5.41) is 34.5. The molecule has 0 fully saturated rings. The first-order valence-corrected chi connectivity index (χ1v) is 8.96. The Balaban J connectivity index is 0.000000311. The lowest BCUT2D eigenvalue weighted by atomic mass is 10.1. The molecule has 2 aromatic rings. The van der Waals surface area contributed by atoms with Gasteiger partial charge in [0, 0.05) is 0 Å². The van der Waals surface area contributed by atoms with Crippen LogP contribution in [0.2, 0.25) is 0 Å². The molecule has 0 aliphatic rings. The van der Waals surface area contributed by atoms with E-state index in [1.807, 2.05) is 0 Å². The Hall–Kier alpha value is -3.76. The van der Waals surface area contributed by atoms with Crippen LogP contribution in [0.3, 0.4) is 0 Å². The highest BCUT2D eigenvalue weighted by atomic mass is 16.6. The predicted octanol–water partition coefficient (Wildman–Crippen LogP) is 1.46. The van der Waals surface area contributed by atoms with E-state index in [1.54, 1.807) is 6.92 Å². The van der Waals surface area contributed by atoms with Crippen molar-refractivity contribution in [3.05, 3.63) is 70.8 Å². The van der Waals surface area contributed by atoms with Crippen LogP contribution in [0.4, 0.5) is 0 Å². The van der Waals surface area contributed by atoms with Crippen molar-refractivity contribution in [2.24, 2.45) is 0 Å². The van der Waals surface area contributed by atoms with Crippen molar-refractivity contribution in [1.82, 2.24) is 0 Å². The fourth-order valence-corrected chi connectivity index (χ4v) is 2.07. The molecule has 0 heterocycles. The minimum absolute atomic E-state index is 0.0195. The van der Waals surface area contributed by atoms with Gasteiger partial charge in [0.2, 0.25) is 0 Å². The Morgan fingerprint density at radius 3 is 1.68 bits per heavy atom. The molecule has 2 rings (SSSR count). The van der Waals surface area contributed by atoms with E-state index in [4.69, 9.17) is 25.2 Å². The summed E-state index contributed by atoms with van der Waals surface area (Å²) in [6, 6.07) is 11.0. The second kappa shape index (κ2) is 12.7. The Labute approximate surface area is 177 Å². The van der Waals surface area contributed by atoms with E-state index in [-0.39, 0.29) is 42.1 Å². The molecule has 2 aromatic carbocycles. The van der Waals surface area contributed by atoms with Gasteiger partial charge in [0.25, 0.3) is 0 Å². The third kappa shape index (κ3) is 8.64. The Bertz CT molecular complexity index is 922. The van der Waals surface area contributed by atoms with Gasteiger partial charge in [-0.1, -0.05) is 12.1 Å². The standard InChI is InChI=1S/C11H12O5.C10H10O5/c1-7(6-12)16-11(15)9-4-2-3-8(5-9)10(13)14;11-4-5-15-10(14)8-3-1-2-7(6-8)9(12)13/h2-5,7,12H,6H2,1H3,(H,13,14);1-3,6,11H,4-5H2,(H,12,13). The van der Waals surface area contributed by atoms with Gasteiger partial charge in [0.1, 0.15) is 12.7 Å². The van der Waals surface area contributed by atoms with E-state index >= 15 is 0 Å². The smallest absolute Gasteiger partial charge is 0.338 e. The zero-order valence-corrected chi connectivity index (χ0v) is 16.6. The van der Waals surface area contributed by atoms with Crippen LogP contribution in [0.25, 0.3) is 0 Å². The van der Waals surface area contributed by atoms with Crippen LogP contribution < -0.4 is 0 Å². The van der Waals surface area contributed by atoms with E-state index in [2.05, 4.69) is 4.74 Å². The van der Waals surface area contributed by atoms with E-state index in [0.29, 0.717) is 0 Å². The number of aromatic carboxylic acids is 2. The Morgan fingerprint density at radius 1 is 0.806 bits per heavy atom. The molecule has 0 bridgehead atoms. The predicted molar refractivity (Wildman–Crippen MR) is 106 cm³/mol. The maximum absolute atomic E-state index is 11.5. The fourth-order valence-electron chi connectivity index (χ4n) is 2.07. The van der Waals surface area contributed by atoms with Crippen molar-refractivity contribution in [1.29, 1.82) is 0 Å². The first kappa shape index (κ1) is 25.3. The molecule has 0 amide bonds. The molecule has 0 aromatic heterocycles. The van der Waals surface area contributed by atoms with Crippen LogP contribution in [0, 0.1) is 0 Å². The van der Waals surface area contributed by atoms with Gasteiger partial charge in [-0.3, -0.25) is 0 Å². The zero-order valence-electron chi connectivity index (χ0n) is 16.6. The number of carbonyl (C=O) groups is 4. The Kier molecular flexibility index (Phi) is 10.4. The van der Waals surface area contributed by atoms with Gasteiger partial charge in [-0.2, -0.15) is 0 Å². The lowest BCUT2D eigenvalue weighted by molar-refractivity contribution is 0.0196. The Morgan fingerprint density at radius 2 is 1.26 bits per heavy atom. The third-order valence-corrected chi connectivity index (χ3v) is 3.58. The maximum Gasteiger partial charge on any atom is 0.338 e. The third-order valence-electron chi connectivity index (χ3n) is 3.58. The number of hydrogen-bond donors (Lipinski definition) is 4. The number of rotatable bonds is 8. The van der Waals surface area contributed by atoms with Crippen molar-refractivity contribution in [3.63, 3.8) is 0 Å². The molecule has 0 aliphatic carbocycles. The molecule has 0 saturated heterocycles. The summed E-state index contributed by atoms with van der Waals surface area (Å²) >= 11 is 0. The highest BCUT2D eigenvalue weighted by Gasteiger charge is 2.13. The molecular weight excluding hydrogens is 412 g/mol. The van der Waals surface area contributed by atoms with E-state index < -0.39 is 30.0 Å². The molecule has 1 unspecified atom stereocenters. The molecule has 31 heavy (non-hydrogen) atoms. The van der Waals surface area contributed by atoms with Gasteiger partial charge in [-0.25, -0.2) is 19.2 Å². The molecule has 0 aliphatic heterocycles. The summed E-state index contributed by atoms with van der Waals surface area (Å²) in [7, 11) is 0. The van der Waals surface area contributed by atoms with Crippen LogP contribution in [-0.2, 0) is 9.47 Å². The number of carbonyl (C=O) groups excluding carboxylic acids is 2. The second-order valence-corrected chi connectivity index (χ2v) is 6.03. The number of aliphatic hydroxyl groups excluding tert-OH is 2. The van der Waals surface area contributed by atoms with Gasteiger partial charge in [-0.05, 0) is 43.3 Å². The van der Waals surface area contributed by atoms with Gasteiger partial charge in [0.15, 0.2) is 0 Å².